The molecule has 0 saturated heterocycles. The largest absolute Gasteiger partial charge is 0.357 e. The second kappa shape index (κ2) is 7.90. The van der Waals surface area contributed by atoms with Gasteiger partial charge in [0.1, 0.15) is 11.3 Å². The van der Waals surface area contributed by atoms with Crippen LogP contribution in [-0.4, -0.2) is 23.1 Å². The number of halogens is 3. The van der Waals surface area contributed by atoms with Crippen LogP contribution in [0.4, 0.5) is 10.2 Å². The van der Waals surface area contributed by atoms with Gasteiger partial charge in [-0.15, -0.1) is 0 Å². The average Bonchev–Trinajstić information content (AvgIpc) is 2.49. The lowest BCUT2D eigenvalue weighted by atomic mass is 10.1. The van der Waals surface area contributed by atoms with Gasteiger partial charge in [0, 0.05) is 18.5 Å². The van der Waals surface area contributed by atoms with Gasteiger partial charge in [-0.2, -0.15) is 4.98 Å². The van der Waals surface area contributed by atoms with Gasteiger partial charge in [-0.3, -0.25) is 0 Å². The van der Waals surface area contributed by atoms with Crippen LogP contribution >= 0.6 is 27.5 Å². The minimum Gasteiger partial charge on any atom is -0.357 e. The van der Waals surface area contributed by atoms with Gasteiger partial charge < -0.3 is 4.90 Å². The number of rotatable bonds is 3. The molecule has 1 aromatic heterocycles. The second-order valence-corrected chi connectivity index (χ2v) is 5.34. The summed E-state index contributed by atoms with van der Waals surface area (Å²) in [7, 11) is 0. The topological polar surface area (TPSA) is 29.0 Å². The van der Waals surface area contributed by atoms with Crippen molar-refractivity contribution in [3.8, 4) is 0 Å². The standard InChI is InChI=1S/C13H14BrClFN3.C2H6/c1-4-19(5-2)12-8-6-7(3)9(14)10(16)11(8)17-13(15)18-12;1-2/h6H,4-5H2,1-3H3;1-2H3. The zero-order chi connectivity index (χ0) is 16.2. The molecule has 0 radical (unpaired) electrons. The number of benzene rings is 1. The molecule has 0 spiro atoms. The SMILES string of the molecule is CC.CCN(CC)c1nc(Cl)nc2c(F)c(Br)c(C)cc12. The highest BCUT2D eigenvalue weighted by Gasteiger charge is 2.17. The van der Waals surface area contributed by atoms with Gasteiger partial charge in [-0.1, -0.05) is 13.8 Å². The zero-order valence-electron chi connectivity index (χ0n) is 13.0. The van der Waals surface area contributed by atoms with Crippen molar-refractivity contribution in [3.63, 3.8) is 0 Å². The Morgan fingerprint density at radius 2 is 1.81 bits per heavy atom. The summed E-state index contributed by atoms with van der Waals surface area (Å²) in [5.74, 6) is 0.280. The Bertz CT molecular complexity index is 630. The number of nitrogens with zero attached hydrogens (tertiary/aromatic N) is 3. The number of anilines is 1. The molecule has 2 rings (SSSR count). The predicted octanol–water partition coefficient (Wildman–Crippen LogP) is 5.37. The first-order valence-electron chi connectivity index (χ1n) is 7.06. The molecule has 0 N–H and O–H groups in total. The van der Waals surface area contributed by atoms with Crippen LogP contribution < -0.4 is 4.90 Å². The third kappa shape index (κ3) is 3.64. The first-order valence-corrected chi connectivity index (χ1v) is 8.23. The van der Waals surface area contributed by atoms with Crippen molar-refractivity contribution in [2.24, 2.45) is 0 Å². The van der Waals surface area contributed by atoms with Crippen LogP contribution in [0.1, 0.15) is 33.3 Å². The normalized spacial score (nSPS) is 10.3. The summed E-state index contributed by atoms with van der Waals surface area (Å²) in [5.41, 5.74) is 1.06. The first kappa shape index (κ1) is 18.1. The van der Waals surface area contributed by atoms with Gasteiger partial charge in [0.25, 0.3) is 0 Å². The maximum atomic E-state index is 14.3. The molecule has 3 nitrogen and oxygen atoms in total. The van der Waals surface area contributed by atoms with Crippen LogP contribution in [0.3, 0.4) is 0 Å². The number of hydrogen-bond acceptors (Lipinski definition) is 3. The molecule has 0 aliphatic carbocycles. The van der Waals surface area contributed by atoms with Crippen molar-refractivity contribution in [2.75, 3.05) is 18.0 Å². The summed E-state index contributed by atoms with van der Waals surface area (Å²) >= 11 is 9.14. The van der Waals surface area contributed by atoms with Gasteiger partial charge in [-0.05, 0) is 59.9 Å². The second-order valence-electron chi connectivity index (χ2n) is 4.21. The smallest absolute Gasteiger partial charge is 0.225 e. The third-order valence-electron chi connectivity index (χ3n) is 3.07. The average molecular weight is 377 g/mol. The molecule has 0 amide bonds. The lowest BCUT2D eigenvalue weighted by Gasteiger charge is -2.22. The molecular formula is C15H20BrClFN3. The number of fused-ring (bicyclic) bond motifs is 1. The van der Waals surface area contributed by atoms with E-state index in [1.165, 1.54) is 0 Å². The summed E-state index contributed by atoms with van der Waals surface area (Å²) < 4.78 is 14.7. The van der Waals surface area contributed by atoms with E-state index in [1.807, 2.05) is 45.6 Å². The number of aromatic nitrogens is 2. The molecule has 1 aromatic carbocycles. The molecule has 0 fully saturated rings. The summed E-state index contributed by atoms with van der Waals surface area (Å²) in [6, 6.07) is 1.88. The van der Waals surface area contributed by atoms with Crippen molar-refractivity contribution in [3.05, 3.63) is 27.2 Å². The number of hydrogen-bond donors (Lipinski definition) is 0. The molecule has 116 valence electrons. The summed E-state index contributed by atoms with van der Waals surface area (Å²) in [5, 5.41) is 0.746. The maximum absolute atomic E-state index is 14.3. The summed E-state index contributed by atoms with van der Waals surface area (Å²) in [6.07, 6.45) is 0. The van der Waals surface area contributed by atoms with E-state index in [9.17, 15) is 4.39 Å². The van der Waals surface area contributed by atoms with Crippen LogP contribution in [0, 0.1) is 12.7 Å². The van der Waals surface area contributed by atoms with Crippen LogP contribution in [0.15, 0.2) is 10.5 Å². The van der Waals surface area contributed by atoms with Crippen molar-refractivity contribution in [1.29, 1.82) is 0 Å². The Morgan fingerprint density at radius 3 is 2.33 bits per heavy atom. The molecule has 2 aromatic rings. The van der Waals surface area contributed by atoms with E-state index in [0.29, 0.717) is 15.7 Å². The van der Waals surface area contributed by atoms with E-state index in [0.717, 1.165) is 18.7 Å². The van der Waals surface area contributed by atoms with E-state index in [1.54, 1.807) is 0 Å². The fourth-order valence-corrected chi connectivity index (χ4v) is 2.52. The molecule has 0 bridgehead atoms. The fourth-order valence-electron chi connectivity index (χ4n) is 2.05. The quantitative estimate of drug-likeness (QED) is 0.675. The Balaban J connectivity index is 0.00000106. The van der Waals surface area contributed by atoms with E-state index >= 15 is 0 Å². The van der Waals surface area contributed by atoms with Crippen LogP contribution in [-0.2, 0) is 0 Å². The lowest BCUT2D eigenvalue weighted by Crippen LogP contribution is -2.23. The molecule has 0 atom stereocenters. The Labute approximate surface area is 138 Å². The molecule has 0 aliphatic heterocycles. The van der Waals surface area contributed by atoms with Gasteiger partial charge >= 0.3 is 0 Å². The fraction of sp³-hybridized carbons (Fsp3) is 0.467. The minimum atomic E-state index is -0.396. The van der Waals surface area contributed by atoms with Gasteiger partial charge in [0.05, 0.1) is 4.47 Å². The Morgan fingerprint density at radius 1 is 1.24 bits per heavy atom. The predicted molar refractivity (Wildman–Crippen MR) is 91.9 cm³/mol. The molecule has 1 heterocycles. The lowest BCUT2D eigenvalue weighted by molar-refractivity contribution is 0.628. The number of aryl methyl sites for hydroxylation is 1. The minimum absolute atomic E-state index is 0.0593. The highest BCUT2D eigenvalue weighted by molar-refractivity contribution is 9.10. The van der Waals surface area contributed by atoms with Crippen LogP contribution in [0.5, 0.6) is 0 Å². The van der Waals surface area contributed by atoms with Gasteiger partial charge in [0.2, 0.25) is 5.28 Å². The van der Waals surface area contributed by atoms with E-state index < -0.39 is 5.82 Å². The first-order chi connectivity index (χ1) is 9.99. The van der Waals surface area contributed by atoms with Crippen LogP contribution in [0.25, 0.3) is 10.9 Å². The summed E-state index contributed by atoms with van der Waals surface area (Å²) in [6.45, 7) is 11.4. The molecule has 6 heteroatoms. The Kier molecular flexibility index (Phi) is 6.81. The van der Waals surface area contributed by atoms with Crippen molar-refractivity contribution >= 4 is 44.3 Å². The maximum Gasteiger partial charge on any atom is 0.225 e. The zero-order valence-corrected chi connectivity index (χ0v) is 15.3. The van der Waals surface area contributed by atoms with E-state index in [2.05, 4.69) is 25.9 Å². The van der Waals surface area contributed by atoms with Crippen molar-refractivity contribution in [1.82, 2.24) is 9.97 Å². The van der Waals surface area contributed by atoms with E-state index in [-0.39, 0.29) is 10.8 Å². The highest BCUT2D eigenvalue weighted by atomic mass is 79.9. The van der Waals surface area contributed by atoms with Crippen molar-refractivity contribution < 1.29 is 4.39 Å². The molecule has 21 heavy (non-hydrogen) atoms. The summed E-state index contributed by atoms with van der Waals surface area (Å²) in [4.78, 5) is 10.3. The monoisotopic (exact) mass is 375 g/mol. The third-order valence-corrected chi connectivity index (χ3v) is 4.21. The van der Waals surface area contributed by atoms with Gasteiger partial charge in [-0.25, -0.2) is 9.37 Å². The molecule has 0 aliphatic rings. The molecule has 0 unspecified atom stereocenters. The molecular weight excluding hydrogens is 357 g/mol. The van der Waals surface area contributed by atoms with Crippen LogP contribution in [0.2, 0.25) is 5.28 Å². The van der Waals surface area contributed by atoms with Gasteiger partial charge in [0.15, 0.2) is 5.82 Å². The van der Waals surface area contributed by atoms with E-state index in [4.69, 9.17) is 11.6 Å². The highest BCUT2D eigenvalue weighted by Crippen LogP contribution is 2.32. The van der Waals surface area contributed by atoms with Crippen molar-refractivity contribution in [2.45, 2.75) is 34.6 Å². The Hall–Kier alpha value is -0.940. The molecule has 0 saturated carbocycles.